The van der Waals surface area contributed by atoms with Gasteiger partial charge in [-0.2, -0.15) is 5.10 Å². The fraction of sp³-hybridized carbons (Fsp3) is 0.545. The Hall–Kier alpha value is -2.26. The minimum atomic E-state index is -3.25. The van der Waals surface area contributed by atoms with Gasteiger partial charge in [0.25, 0.3) is 0 Å². The van der Waals surface area contributed by atoms with Crippen LogP contribution in [0.1, 0.15) is 37.8 Å². The molecule has 0 aliphatic carbocycles. The standard InChI is InChI=1S/C22H31FN4O3S/c1-26(22(28)18-9-7-13-27(16-18)31(2,29)30)12-5-3-4-11-20-15-21(25-24-20)17-8-6-10-19(23)14-17/h6,8,10,14-15,18H,3-5,7,9,11-13,16H2,1-2H3,(H,24,25). The van der Waals surface area contributed by atoms with Crippen molar-refractivity contribution in [2.45, 2.75) is 38.5 Å². The molecule has 9 heteroatoms. The Morgan fingerprint density at radius 1 is 1.29 bits per heavy atom. The molecule has 2 aromatic rings. The second-order valence-electron chi connectivity index (χ2n) is 8.32. The number of unbranched alkanes of at least 4 members (excludes halogenated alkanes) is 2. The second kappa shape index (κ2) is 10.4. The number of carbonyl (C=O) groups is 1. The Bertz CT molecular complexity index is 992. The number of aryl methyl sites for hydroxylation is 1. The van der Waals surface area contributed by atoms with Gasteiger partial charge in [0.15, 0.2) is 0 Å². The lowest BCUT2D eigenvalue weighted by Gasteiger charge is -2.32. The summed E-state index contributed by atoms with van der Waals surface area (Å²) < 4.78 is 38.3. The Balaban J connectivity index is 1.38. The highest BCUT2D eigenvalue weighted by Gasteiger charge is 2.31. The third kappa shape index (κ3) is 6.61. The van der Waals surface area contributed by atoms with E-state index in [1.54, 1.807) is 18.0 Å². The summed E-state index contributed by atoms with van der Waals surface area (Å²) in [5.74, 6) is -0.501. The summed E-state index contributed by atoms with van der Waals surface area (Å²) in [5, 5.41) is 7.27. The van der Waals surface area contributed by atoms with E-state index in [9.17, 15) is 17.6 Å². The van der Waals surface area contributed by atoms with Crippen LogP contribution < -0.4 is 0 Å². The van der Waals surface area contributed by atoms with Crippen LogP contribution in [0.4, 0.5) is 4.39 Å². The highest BCUT2D eigenvalue weighted by Crippen LogP contribution is 2.21. The molecule has 0 radical (unpaired) electrons. The number of piperidine rings is 1. The van der Waals surface area contributed by atoms with E-state index in [0.29, 0.717) is 13.1 Å². The van der Waals surface area contributed by atoms with E-state index in [-0.39, 0.29) is 24.2 Å². The topological polar surface area (TPSA) is 86.4 Å². The molecule has 7 nitrogen and oxygen atoms in total. The van der Waals surface area contributed by atoms with Gasteiger partial charge in [0.05, 0.1) is 17.9 Å². The maximum atomic E-state index is 13.4. The second-order valence-corrected chi connectivity index (χ2v) is 10.3. The molecular formula is C22H31FN4O3S. The predicted molar refractivity (Wildman–Crippen MR) is 118 cm³/mol. The van der Waals surface area contributed by atoms with E-state index in [2.05, 4.69) is 10.2 Å². The number of sulfonamides is 1. The molecule has 1 atom stereocenters. The highest BCUT2D eigenvalue weighted by molar-refractivity contribution is 7.88. The number of hydrogen-bond donors (Lipinski definition) is 1. The van der Waals surface area contributed by atoms with E-state index < -0.39 is 10.0 Å². The summed E-state index contributed by atoms with van der Waals surface area (Å²) in [6, 6.07) is 8.32. The number of halogens is 1. The van der Waals surface area contributed by atoms with E-state index >= 15 is 0 Å². The number of rotatable bonds is 9. The molecule has 2 heterocycles. The molecule has 170 valence electrons. The SMILES string of the molecule is CN(CCCCCc1cc(-c2cccc(F)c2)n[nH]1)C(=O)C1CCCN(S(C)(=O)=O)C1. The van der Waals surface area contributed by atoms with Crippen molar-refractivity contribution in [1.29, 1.82) is 0 Å². The summed E-state index contributed by atoms with van der Waals surface area (Å²) in [6.45, 7) is 1.45. The van der Waals surface area contributed by atoms with Crippen molar-refractivity contribution >= 4 is 15.9 Å². The molecule has 1 unspecified atom stereocenters. The van der Waals surface area contributed by atoms with Crippen LogP contribution in [0.5, 0.6) is 0 Å². The molecule has 1 aliphatic rings. The summed E-state index contributed by atoms with van der Waals surface area (Å²) in [7, 11) is -1.46. The molecule has 0 spiro atoms. The number of aromatic nitrogens is 2. The van der Waals surface area contributed by atoms with Gasteiger partial charge in [-0.05, 0) is 50.3 Å². The highest BCUT2D eigenvalue weighted by atomic mass is 32.2. The minimum Gasteiger partial charge on any atom is -0.345 e. The van der Waals surface area contributed by atoms with Gasteiger partial charge in [-0.1, -0.05) is 18.6 Å². The molecule has 1 aromatic carbocycles. The monoisotopic (exact) mass is 450 g/mol. The molecule has 1 fully saturated rings. The molecule has 1 aliphatic heterocycles. The number of nitrogens with zero attached hydrogens (tertiary/aromatic N) is 3. The van der Waals surface area contributed by atoms with E-state index in [1.807, 2.05) is 12.1 Å². The molecular weight excluding hydrogens is 419 g/mol. The van der Waals surface area contributed by atoms with Gasteiger partial charge < -0.3 is 4.90 Å². The number of carbonyl (C=O) groups excluding carboxylic acids is 1. The van der Waals surface area contributed by atoms with Crippen molar-refractivity contribution in [2.24, 2.45) is 5.92 Å². The van der Waals surface area contributed by atoms with Gasteiger partial charge in [-0.3, -0.25) is 9.89 Å². The number of hydrogen-bond acceptors (Lipinski definition) is 4. The molecule has 3 rings (SSSR count). The van der Waals surface area contributed by atoms with Gasteiger partial charge in [0, 0.05) is 37.9 Å². The van der Waals surface area contributed by atoms with E-state index in [4.69, 9.17) is 0 Å². The number of amides is 1. The van der Waals surface area contributed by atoms with Crippen LogP contribution in [-0.4, -0.2) is 66.7 Å². The summed E-state index contributed by atoms with van der Waals surface area (Å²) in [5.41, 5.74) is 2.49. The van der Waals surface area contributed by atoms with Crippen molar-refractivity contribution in [3.63, 3.8) is 0 Å². The first-order chi connectivity index (χ1) is 14.7. The van der Waals surface area contributed by atoms with Gasteiger partial charge >= 0.3 is 0 Å². The largest absolute Gasteiger partial charge is 0.345 e. The normalized spacial score (nSPS) is 17.6. The average Bonchev–Trinajstić information content (AvgIpc) is 3.21. The molecule has 1 amide bonds. The first kappa shape index (κ1) is 23.4. The van der Waals surface area contributed by atoms with Crippen molar-refractivity contribution in [1.82, 2.24) is 19.4 Å². The number of nitrogens with one attached hydrogen (secondary N) is 1. The third-order valence-electron chi connectivity index (χ3n) is 5.77. The van der Waals surface area contributed by atoms with Gasteiger partial charge in [-0.15, -0.1) is 0 Å². The van der Waals surface area contributed by atoms with Crippen molar-refractivity contribution in [3.05, 3.63) is 41.8 Å². The maximum Gasteiger partial charge on any atom is 0.226 e. The predicted octanol–water partition coefficient (Wildman–Crippen LogP) is 3.06. The molecule has 1 saturated heterocycles. The maximum absolute atomic E-state index is 13.4. The van der Waals surface area contributed by atoms with Crippen LogP contribution in [0.2, 0.25) is 0 Å². The van der Waals surface area contributed by atoms with Crippen molar-refractivity contribution < 1.29 is 17.6 Å². The molecule has 1 aromatic heterocycles. The Labute approximate surface area is 183 Å². The van der Waals surface area contributed by atoms with E-state index in [0.717, 1.165) is 55.5 Å². The zero-order chi connectivity index (χ0) is 22.4. The lowest BCUT2D eigenvalue weighted by atomic mass is 9.98. The number of benzene rings is 1. The first-order valence-corrected chi connectivity index (χ1v) is 12.6. The Kier molecular flexibility index (Phi) is 7.83. The Morgan fingerprint density at radius 2 is 2.10 bits per heavy atom. The first-order valence-electron chi connectivity index (χ1n) is 10.7. The van der Waals surface area contributed by atoms with Crippen LogP contribution in [0.15, 0.2) is 30.3 Å². The lowest BCUT2D eigenvalue weighted by molar-refractivity contribution is -0.135. The summed E-state index contributed by atoms with van der Waals surface area (Å²) in [4.78, 5) is 14.4. The fourth-order valence-corrected chi connectivity index (χ4v) is 4.91. The molecule has 1 N–H and O–H groups in total. The lowest BCUT2D eigenvalue weighted by Crippen LogP contribution is -2.45. The smallest absolute Gasteiger partial charge is 0.226 e. The minimum absolute atomic E-state index is 0.0293. The molecule has 31 heavy (non-hydrogen) atoms. The number of H-pyrrole nitrogens is 1. The number of aromatic amines is 1. The van der Waals surface area contributed by atoms with Crippen LogP contribution in [-0.2, 0) is 21.2 Å². The van der Waals surface area contributed by atoms with Crippen LogP contribution >= 0.6 is 0 Å². The van der Waals surface area contributed by atoms with Crippen molar-refractivity contribution in [3.8, 4) is 11.3 Å². The Morgan fingerprint density at radius 3 is 2.84 bits per heavy atom. The average molecular weight is 451 g/mol. The van der Waals surface area contributed by atoms with Gasteiger partial charge in [-0.25, -0.2) is 17.1 Å². The molecule has 0 saturated carbocycles. The molecule has 0 bridgehead atoms. The van der Waals surface area contributed by atoms with Gasteiger partial charge in [0.1, 0.15) is 5.82 Å². The van der Waals surface area contributed by atoms with Crippen molar-refractivity contribution in [2.75, 3.05) is 32.9 Å². The quantitative estimate of drug-likeness (QED) is 0.595. The van der Waals surface area contributed by atoms with Gasteiger partial charge in [0.2, 0.25) is 15.9 Å². The van der Waals surface area contributed by atoms with E-state index in [1.165, 1.54) is 22.7 Å². The van der Waals surface area contributed by atoms with Crippen LogP contribution in [0, 0.1) is 11.7 Å². The fourth-order valence-electron chi connectivity index (χ4n) is 3.99. The van der Waals surface area contributed by atoms with Crippen LogP contribution in [0.3, 0.4) is 0 Å². The summed E-state index contributed by atoms with van der Waals surface area (Å²) >= 11 is 0. The summed E-state index contributed by atoms with van der Waals surface area (Å²) in [6.07, 6.45) is 6.30. The zero-order valence-electron chi connectivity index (χ0n) is 18.2. The third-order valence-corrected chi connectivity index (χ3v) is 7.04. The zero-order valence-corrected chi connectivity index (χ0v) is 19.0. The van der Waals surface area contributed by atoms with Crippen LogP contribution in [0.25, 0.3) is 11.3 Å².